The van der Waals surface area contributed by atoms with E-state index in [1.165, 1.54) is 18.5 Å². The van der Waals surface area contributed by atoms with Crippen LogP contribution in [0.15, 0.2) is 54.9 Å². The molecule has 73 heavy (non-hydrogen) atoms. The average molecular weight is 1010 g/mol. The lowest BCUT2D eigenvalue weighted by atomic mass is 9.60. The molecular weight excluding hydrogens is 946 g/mol. The maximum absolute atomic E-state index is 14.8. The second kappa shape index (κ2) is 19.2. The first kappa shape index (κ1) is 48.2. The zero-order valence-electron chi connectivity index (χ0n) is 42.5. The van der Waals surface area contributed by atoms with Crippen molar-refractivity contribution in [3.8, 4) is 23.1 Å². The van der Waals surface area contributed by atoms with Crippen LogP contribution in [0.5, 0.6) is 5.88 Å². The zero-order valence-corrected chi connectivity index (χ0v) is 43.2. The third-order valence-electron chi connectivity index (χ3n) is 18.3. The predicted octanol–water partition coefficient (Wildman–Crippen LogP) is 10.2. The number of benzene rings is 2. The van der Waals surface area contributed by atoms with Gasteiger partial charge in [-0.15, -0.1) is 10.2 Å². The van der Waals surface area contributed by atoms with Crippen LogP contribution >= 0.6 is 11.6 Å². The normalized spacial score (nSPS) is 23.9. The summed E-state index contributed by atoms with van der Waals surface area (Å²) >= 11 is 6.41. The molecule has 3 aromatic heterocycles. The quantitative estimate of drug-likeness (QED) is 0.140. The summed E-state index contributed by atoms with van der Waals surface area (Å²) in [5.41, 5.74) is 7.51. The molecular formula is C56H67ClF2N12O2. The highest BCUT2D eigenvalue weighted by Gasteiger charge is 2.49. The SMILES string of the molecule is CC(=O)N1CCc2c(c(N3CCCc4cc(-c5cnn(C)c5)c(C(F)F)cc43)nn2C2CC3(CCN(C4CCC(Oc5ccc(N6CCC7(CC6)C[C@H](C)N(c6ccc(C#N)c(Cl)c6)C7)nn5)CC4)CC3)C2)C1. The van der Waals surface area contributed by atoms with Gasteiger partial charge < -0.3 is 29.2 Å². The summed E-state index contributed by atoms with van der Waals surface area (Å²) in [7, 11) is 1.80. The van der Waals surface area contributed by atoms with Gasteiger partial charge >= 0.3 is 0 Å². The number of alkyl halides is 2. The number of nitriles is 1. The molecule has 0 radical (unpaired) electrons. The molecule has 2 aliphatic carbocycles. The number of carbonyl (C=O) groups excluding carboxylic acids is 1. The molecule has 2 spiro atoms. The van der Waals surface area contributed by atoms with Crippen LogP contribution in [0.25, 0.3) is 11.1 Å². The molecule has 2 saturated carbocycles. The number of amides is 1. The maximum atomic E-state index is 14.8. The van der Waals surface area contributed by atoms with E-state index in [1.54, 1.807) is 37.1 Å². The lowest BCUT2D eigenvalue weighted by molar-refractivity contribution is -0.129. The van der Waals surface area contributed by atoms with Crippen molar-refractivity contribution in [2.24, 2.45) is 17.9 Å². The Kier molecular flexibility index (Phi) is 12.6. The molecule has 0 unspecified atom stereocenters. The third kappa shape index (κ3) is 9.10. The number of aromatic nitrogens is 6. The standard InChI is InChI=1S/C56H67ClF2N12O2/c1-36-28-56(35-70(36)42-7-6-39(31-60)48(57)26-42)17-23-67(24-18-56)51-12-13-52(63-62-51)73-44-10-8-41(9-11-44)66-21-15-55(16-22-66)29-43(30-55)71-49-14-20-68(37(2)72)34-47(49)54(64-71)69-19-4-5-38-25-45(40-32-61-65(3)33-40)46(53(58)59)27-50(38)69/h6-7,12-13,25-27,32-33,36,41,43-44,53H,4-5,8-11,14-24,28-30,34-35H2,1-3H3/t36-,41?,44?/m0/s1. The number of nitrogens with zero attached hydrogens (tertiary/aromatic N) is 12. The van der Waals surface area contributed by atoms with Gasteiger partial charge in [0.1, 0.15) is 12.2 Å². The molecule has 1 amide bonds. The van der Waals surface area contributed by atoms with Crippen molar-refractivity contribution < 1.29 is 18.3 Å². The van der Waals surface area contributed by atoms with Crippen LogP contribution in [0.3, 0.4) is 0 Å². The number of likely N-dealkylation sites (tertiary alicyclic amines) is 1. The summed E-state index contributed by atoms with van der Waals surface area (Å²) < 4.78 is 40.0. The number of fused-ring (bicyclic) bond motifs is 2. The summed E-state index contributed by atoms with van der Waals surface area (Å²) in [6.45, 7) is 10.9. The number of rotatable bonds is 9. The van der Waals surface area contributed by atoms with Crippen molar-refractivity contribution in [1.82, 2.24) is 39.6 Å². The van der Waals surface area contributed by atoms with E-state index >= 15 is 0 Å². The summed E-state index contributed by atoms with van der Waals surface area (Å²) in [5, 5.41) is 28.7. The molecule has 2 aromatic carbocycles. The fraction of sp³-hybridized carbons (Fsp3) is 0.571. The van der Waals surface area contributed by atoms with Crippen LogP contribution in [0.1, 0.15) is 131 Å². The van der Waals surface area contributed by atoms with Gasteiger partial charge in [0.25, 0.3) is 6.43 Å². The molecule has 5 aliphatic heterocycles. The van der Waals surface area contributed by atoms with E-state index in [4.69, 9.17) is 21.4 Å². The molecule has 5 aromatic rings. The van der Waals surface area contributed by atoms with Crippen molar-refractivity contribution in [2.75, 3.05) is 60.5 Å². The molecule has 8 heterocycles. The van der Waals surface area contributed by atoms with Crippen LogP contribution in [0.2, 0.25) is 5.02 Å². The minimum absolute atomic E-state index is 0.00590. The largest absolute Gasteiger partial charge is 0.473 e. The minimum atomic E-state index is -2.64. The van der Waals surface area contributed by atoms with Crippen molar-refractivity contribution in [1.29, 1.82) is 5.26 Å². The maximum Gasteiger partial charge on any atom is 0.264 e. The molecule has 0 bridgehead atoms. The van der Waals surface area contributed by atoms with E-state index < -0.39 is 6.43 Å². The molecule has 3 saturated heterocycles. The van der Waals surface area contributed by atoms with Gasteiger partial charge in [0.2, 0.25) is 11.8 Å². The van der Waals surface area contributed by atoms with Crippen molar-refractivity contribution in [3.63, 3.8) is 0 Å². The number of aryl methyl sites for hydroxylation is 2. The Bertz CT molecular complexity index is 2900. The molecule has 384 valence electrons. The Labute approximate surface area is 432 Å². The van der Waals surface area contributed by atoms with Crippen molar-refractivity contribution in [2.45, 2.75) is 141 Å². The Hall–Kier alpha value is -5.79. The van der Waals surface area contributed by atoms with Gasteiger partial charge in [-0.2, -0.15) is 15.5 Å². The van der Waals surface area contributed by atoms with Gasteiger partial charge in [0.05, 0.1) is 29.4 Å². The lowest BCUT2D eigenvalue weighted by Gasteiger charge is -2.54. The number of hydrogen-bond acceptors (Lipinski definition) is 11. The fourth-order valence-electron chi connectivity index (χ4n) is 14.2. The number of carbonyl (C=O) groups is 1. The Morgan fingerprint density at radius 1 is 0.904 bits per heavy atom. The highest BCUT2D eigenvalue weighted by molar-refractivity contribution is 6.32. The van der Waals surface area contributed by atoms with Gasteiger partial charge in [0, 0.05) is 111 Å². The summed E-state index contributed by atoms with van der Waals surface area (Å²) in [6.07, 6.45) is 15.6. The highest BCUT2D eigenvalue weighted by atomic mass is 35.5. The minimum Gasteiger partial charge on any atom is -0.473 e. The van der Waals surface area contributed by atoms with Gasteiger partial charge in [-0.3, -0.25) is 14.2 Å². The first-order valence-corrected chi connectivity index (χ1v) is 27.2. The number of halogens is 3. The van der Waals surface area contributed by atoms with E-state index in [-0.39, 0.29) is 23.0 Å². The predicted molar refractivity (Wildman–Crippen MR) is 278 cm³/mol. The van der Waals surface area contributed by atoms with Gasteiger partial charge in [0.15, 0.2) is 11.6 Å². The third-order valence-corrected chi connectivity index (χ3v) is 18.6. The first-order valence-electron chi connectivity index (χ1n) is 26.9. The van der Waals surface area contributed by atoms with Gasteiger partial charge in [-0.25, -0.2) is 8.78 Å². The molecule has 0 N–H and O–H groups in total. The van der Waals surface area contributed by atoms with Crippen molar-refractivity contribution in [3.05, 3.63) is 87.8 Å². The molecule has 7 aliphatic rings. The average Bonchev–Trinajstić information content (AvgIpc) is 4.09. The van der Waals surface area contributed by atoms with Crippen LogP contribution in [0.4, 0.5) is 31.8 Å². The fourth-order valence-corrected chi connectivity index (χ4v) is 14.4. The molecule has 5 fully saturated rings. The highest BCUT2D eigenvalue weighted by Crippen LogP contribution is 2.56. The van der Waals surface area contributed by atoms with E-state index in [0.717, 1.165) is 144 Å². The molecule has 17 heteroatoms. The van der Waals surface area contributed by atoms with E-state index in [0.29, 0.717) is 70.8 Å². The second-order valence-corrected chi connectivity index (χ2v) is 23.1. The van der Waals surface area contributed by atoms with E-state index in [1.807, 2.05) is 35.2 Å². The summed E-state index contributed by atoms with van der Waals surface area (Å²) in [6, 6.07) is 16.9. The smallest absolute Gasteiger partial charge is 0.264 e. The van der Waals surface area contributed by atoms with Gasteiger partial charge in [-0.1, -0.05) is 11.6 Å². The first-order chi connectivity index (χ1) is 35.3. The van der Waals surface area contributed by atoms with Crippen LogP contribution in [-0.2, 0) is 31.2 Å². The topological polar surface area (TPSA) is 128 Å². The number of ether oxygens (including phenoxy) is 1. The molecule has 12 rings (SSSR count). The summed E-state index contributed by atoms with van der Waals surface area (Å²) in [4.78, 5) is 24.4. The number of anilines is 4. The van der Waals surface area contributed by atoms with Crippen LogP contribution in [0, 0.1) is 22.2 Å². The monoisotopic (exact) mass is 1010 g/mol. The van der Waals surface area contributed by atoms with E-state index in [9.17, 15) is 18.8 Å². The second-order valence-electron chi connectivity index (χ2n) is 22.7. The molecule has 14 nitrogen and oxygen atoms in total. The Morgan fingerprint density at radius 2 is 1.68 bits per heavy atom. The number of piperidine rings is 2. The van der Waals surface area contributed by atoms with Crippen LogP contribution in [-0.4, -0.2) is 109 Å². The van der Waals surface area contributed by atoms with Crippen LogP contribution < -0.4 is 19.4 Å². The number of hydrogen-bond donors (Lipinski definition) is 0. The lowest BCUT2D eigenvalue weighted by Crippen LogP contribution is -2.51. The summed E-state index contributed by atoms with van der Waals surface area (Å²) in [5.74, 6) is 2.39. The zero-order chi connectivity index (χ0) is 50.2. The Morgan fingerprint density at radius 3 is 2.37 bits per heavy atom. The van der Waals surface area contributed by atoms with Gasteiger partial charge in [-0.05, 0) is 162 Å². The van der Waals surface area contributed by atoms with E-state index in [2.05, 4.69) is 58.6 Å². The molecule has 1 atom stereocenters. The van der Waals surface area contributed by atoms with Crippen molar-refractivity contribution >= 4 is 40.5 Å². The Balaban J connectivity index is 0.636.